The van der Waals surface area contributed by atoms with E-state index in [1.807, 2.05) is 0 Å². The SMILES string of the molecule is CCCC[C@H](N)C(=O)N(C)c1cccc(O)c1. The van der Waals surface area contributed by atoms with Crippen molar-refractivity contribution in [2.24, 2.45) is 5.73 Å². The molecule has 1 amide bonds. The maximum Gasteiger partial charge on any atom is 0.243 e. The van der Waals surface area contributed by atoms with Gasteiger partial charge in [0, 0.05) is 18.8 Å². The van der Waals surface area contributed by atoms with Crippen molar-refractivity contribution in [3.63, 3.8) is 0 Å². The van der Waals surface area contributed by atoms with E-state index >= 15 is 0 Å². The van der Waals surface area contributed by atoms with Gasteiger partial charge in [-0.3, -0.25) is 4.79 Å². The highest BCUT2D eigenvalue weighted by molar-refractivity contribution is 5.96. The molecule has 0 aliphatic carbocycles. The molecule has 0 aromatic heterocycles. The van der Waals surface area contributed by atoms with Crippen molar-refractivity contribution in [2.45, 2.75) is 32.2 Å². The second-order valence-corrected chi connectivity index (χ2v) is 4.17. The molecule has 3 N–H and O–H groups in total. The van der Waals surface area contributed by atoms with Gasteiger partial charge in [-0.05, 0) is 18.6 Å². The lowest BCUT2D eigenvalue weighted by molar-refractivity contribution is -0.119. The van der Waals surface area contributed by atoms with Crippen LogP contribution in [0.4, 0.5) is 5.69 Å². The van der Waals surface area contributed by atoms with Crippen LogP contribution in [0.25, 0.3) is 0 Å². The Morgan fingerprint density at radius 1 is 1.53 bits per heavy atom. The molecule has 0 saturated heterocycles. The fraction of sp³-hybridized carbons (Fsp3) is 0.462. The molecule has 94 valence electrons. The molecule has 1 aromatic rings. The van der Waals surface area contributed by atoms with E-state index in [0.29, 0.717) is 12.1 Å². The largest absolute Gasteiger partial charge is 0.508 e. The quantitative estimate of drug-likeness (QED) is 0.820. The lowest BCUT2D eigenvalue weighted by atomic mass is 10.1. The summed E-state index contributed by atoms with van der Waals surface area (Å²) in [6.45, 7) is 2.07. The molecule has 1 aromatic carbocycles. The van der Waals surface area contributed by atoms with Crippen molar-refractivity contribution < 1.29 is 9.90 Å². The zero-order chi connectivity index (χ0) is 12.8. The number of anilines is 1. The lowest BCUT2D eigenvalue weighted by Gasteiger charge is -2.21. The molecule has 0 unspecified atom stereocenters. The third-order valence-corrected chi connectivity index (χ3v) is 2.73. The Morgan fingerprint density at radius 2 is 2.24 bits per heavy atom. The first-order valence-corrected chi connectivity index (χ1v) is 5.88. The average molecular weight is 236 g/mol. The number of nitrogens with zero attached hydrogens (tertiary/aromatic N) is 1. The maximum absolute atomic E-state index is 12.0. The van der Waals surface area contributed by atoms with Gasteiger partial charge in [0.2, 0.25) is 5.91 Å². The Bertz CT molecular complexity index is 379. The second-order valence-electron chi connectivity index (χ2n) is 4.17. The number of aromatic hydroxyl groups is 1. The van der Waals surface area contributed by atoms with Crippen LogP contribution in [0.15, 0.2) is 24.3 Å². The Labute approximate surface area is 102 Å². The molecule has 4 heteroatoms. The van der Waals surface area contributed by atoms with Gasteiger partial charge in [0.05, 0.1) is 6.04 Å². The third-order valence-electron chi connectivity index (χ3n) is 2.73. The molecule has 0 saturated carbocycles. The molecule has 1 rings (SSSR count). The summed E-state index contributed by atoms with van der Waals surface area (Å²) in [5.74, 6) is 0.0216. The Morgan fingerprint density at radius 3 is 2.82 bits per heavy atom. The highest BCUT2D eigenvalue weighted by Gasteiger charge is 2.18. The van der Waals surface area contributed by atoms with Crippen LogP contribution in [0.2, 0.25) is 0 Å². The van der Waals surface area contributed by atoms with Crippen molar-refractivity contribution in [3.05, 3.63) is 24.3 Å². The minimum Gasteiger partial charge on any atom is -0.508 e. The summed E-state index contributed by atoms with van der Waals surface area (Å²) < 4.78 is 0. The first-order valence-electron chi connectivity index (χ1n) is 5.88. The van der Waals surface area contributed by atoms with Gasteiger partial charge >= 0.3 is 0 Å². The summed E-state index contributed by atoms with van der Waals surface area (Å²) in [6.07, 6.45) is 2.66. The van der Waals surface area contributed by atoms with Crippen molar-refractivity contribution in [1.29, 1.82) is 0 Å². The summed E-state index contributed by atoms with van der Waals surface area (Å²) in [7, 11) is 1.67. The number of unbranched alkanes of at least 4 members (excludes halogenated alkanes) is 1. The fourth-order valence-corrected chi connectivity index (χ4v) is 1.63. The first-order chi connectivity index (χ1) is 8.06. The predicted octanol–water partition coefficient (Wildman–Crippen LogP) is 1.87. The summed E-state index contributed by atoms with van der Waals surface area (Å²) in [5, 5.41) is 9.35. The first kappa shape index (κ1) is 13.5. The second kappa shape index (κ2) is 6.25. The van der Waals surface area contributed by atoms with Gasteiger partial charge in [-0.2, -0.15) is 0 Å². The van der Waals surface area contributed by atoms with E-state index in [0.717, 1.165) is 12.8 Å². The number of hydrogen-bond donors (Lipinski definition) is 2. The summed E-state index contributed by atoms with van der Waals surface area (Å²) in [6, 6.07) is 6.11. The van der Waals surface area contributed by atoms with Gasteiger partial charge in [-0.1, -0.05) is 25.8 Å². The van der Waals surface area contributed by atoms with Crippen molar-refractivity contribution in [3.8, 4) is 5.75 Å². The third kappa shape index (κ3) is 3.75. The van der Waals surface area contributed by atoms with Gasteiger partial charge in [0.15, 0.2) is 0 Å². The van der Waals surface area contributed by atoms with E-state index in [2.05, 4.69) is 6.92 Å². The van der Waals surface area contributed by atoms with Crippen molar-refractivity contribution >= 4 is 11.6 Å². The number of carbonyl (C=O) groups is 1. The van der Waals surface area contributed by atoms with Crippen LogP contribution in [0.3, 0.4) is 0 Å². The molecule has 0 heterocycles. The van der Waals surface area contributed by atoms with Gasteiger partial charge < -0.3 is 15.7 Å². The van der Waals surface area contributed by atoms with Crippen LogP contribution in [0.5, 0.6) is 5.75 Å². The van der Waals surface area contributed by atoms with Gasteiger partial charge in [0.25, 0.3) is 0 Å². The molecule has 1 atom stereocenters. The zero-order valence-corrected chi connectivity index (χ0v) is 10.4. The highest BCUT2D eigenvalue weighted by Crippen LogP contribution is 2.19. The van der Waals surface area contributed by atoms with Crippen molar-refractivity contribution in [2.75, 3.05) is 11.9 Å². The molecular weight excluding hydrogens is 216 g/mol. The summed E-state index contributed by atoms with van der Waals surface area (Å²) in [4.78, 5) is 13.5. The summed E-state index contributed by atoms with van der Waals surface area (Å²) >= 11 is 0. The predicted molar refractivity (Wildman–Crippen MR) is 69.0 cm³/mol. The molecule has 0 spiro atoms. The van der Waals surface area contributed by atoms with E-state index in [-0.39, 0.29) is 11.7 Å². The number of carbonyl (C=O) groups excluding carboxylic acids is 1. The molecule has 0 aliphatic rings. The molecule has 17 heavy (non-hydrogen) atoms. The molecule has 0 fully saturated rings. The summed E-state index contributed by atoms with van der Waals surface area (Å²) in [5.41, 5.74) is 6.48. The Hall–Kier alpha value is -1.55. The van der Waals surface area contributed by atoms with Gasteiger partial charge in [-0.25, -0.2) is 0 Å². The molecule has 0 radical (unpaired) electrons. The van der Waals surface area contributed by atoms with Crippen molar-refractivity contribution in [1.82, 2.24) is 0 Å². The van der Waals surface area contributed by atoms with Crippen LogP contribution in [0, 0.1) is 0 Å². The van der Waals surface area contributed by atoms with E-state index in [1.54, 1.807) is 31.3 Å². The van der Waals surface area contributed by atoms with Crippen LogP contribution >= 0.6 is 0 Å². The standard InChI is InChI=1S/C13H20N2O2/c1-3-4-8-12(14)13(17)15(2)10-6-5-7-11(16)9-10/h5-7,9,12,16H,3-4,8,14H2,1-2H3/t12-/m0/s1. The number of likely N-dealkylation sites (N-methyl/N-ethyl adjacent to an activating group) is 1. The lowest BCUT2D eigenvalue weighted by Crippen LogP contribution is -2.41. The van der Waals surface area contributed by atoms with Crippen LogP contribution in [-0.2, 0) is 4.79 Å². The molecule has 4 nitrogen and oxygen atoms in total. The topological polar surface area (TPSA) is 66.6 Å². The normalized spacial score (nSPS) is 12.2. The number of hydrogen-bond acceptors (Lipinski definition) is 3. The van der Waals surface area contributed by atoms with Crippen LogP contribution in [-0.4, -0.2) is 24.1 Å². The zero-order valence-electron chi connectivity index (χ0n) is 10.4. The fourth-order valence-electron chi connectivity index (χ4n) is 1.63. The number of amides is 1. The molecule has 0 aliphatic heterocycles. The molecule has 0 bridgehead atoms. The number of rotatable bonds is 5. The Balaban J connectivity index is 2.69. The van der Waals surface area contributed by atoms with Crippen LogP contribution in [0.1, 0.15) is 26.2 Å². The molecular formula is C13H20N2O2. The maximum atomic E-state index is 12.0. The highest BCUT2D eigenvalue weighted by atomic mass is 16.3. The Kier molecular flexibility index (Phi) is 4.97. The van der Waals surface area contributed by atoms with E-state index in [1.165, 1.54) is 4.90 Å². The average Bonchev–Trinajstić information content (AvgIpc) is 2.34. The smallest absolute Gasteiger partial charge is 0.243 e. The number of phenols is 1. The van der Waals surface area contributed by atoms with Crippen LogP contribution < -0.4 is 10.6 Å². The number of nitrogens with two attached hydrogens (primary N) is 1. The minimum atomic E-state index is -0.470. The monoisotopic (exact) mass is 236 g/mol. The number of benzene rings is 1. The van der Waals surface area contributed by atoms with Gasteiger partial charge in [0.1, 0.15) is 5.75 Å². The van der Waals surface area contributed by atoms with E-state index in [9.17, 15) is 9.90 Å². The number of phenolic OH excluding ortho intramolecular Hbond substituents is 1. The van der Waals surface area contributed by atoms with E-state index < -0.39 is 6.04 Å². The van der Waals surface area contributed by atoms with E-state index in [4.69, 9.17) is 5.73 Å². The van der Waals surface area contributed by atoms with Gasteiger partial charge in [-0.15, -0.1) is 0 Å². The minimum absolute atomic E-state index is 0.121.